The van der Waals surface area contributed by atoms with Gasteiger partial charge in [-0.05, 0) is 17.7 Å². The van der Waals surface area contributed by atoms with Crippen LogP contribution in [0.5, 0.6) is 11.5 Å². The Labute approximate surface area is 125 Å². The van der Waals surface area contributed by atoms with Crippen LogP contribution in [0.1, 0.15) is 19.4 Å². The monoisotopic (exact) mass is 368 g/mol. The Balaban J connectivity index is 2.36. The molecule has 0 unspecified atom stereocenters. The Bertz CT molecular complexity index is 598. The fourth-order valence-electron chi connectivity index (χ4n) is 1.69. The average Bonchev–Trinajstić information content (AvgIpc) is 2.38. The molecular weight excluding hydrogens is 356 g/mol. The van der Waals surface area contributed by atoms with Crippen molar-refractivity contribution in [2.75, 3.05) is 13.2 Å². The molecule has 2 rings (SSSR count). The van der Waals surface area contributed by atoms with Crippen molar-refractivity contribution in [2.45, 2.75) is 19.6 Å². The first-order valence-electron chi connectivity index (χ1n) is 5.67. The minimum absolute atomic E-state index is 0.0930. The van der Waals surface area contributed by atoms with Crippen LogP contribution in [0.15, 0.2) is 16.6 Å². The molecule has 0 atom stereocenters. The second-order valence-corrected chi connectivity index (χ2v) is 8.95. The van der Waals surface area contributed by atoms with Gasteiger partial charge in [0.2, 0.25) is 9.05 Å². The van der Waals surface area contributed by atoms with E-state index in [-0.39, 0.29) is 11.2 Å². The van der Waals surface area contributed by atoms with Gasteiger partial charge in [-0.3, -0.25) is 0 Å². The van der Waals surface area contributed by atoms with Crippen LogP contribution in [-0.4, -0.2) is 21.6 Å². The van der Waals surface area contributed by atoms with Crippen LogP contribution in [0.4, 0.5) is 0 Å². The number of benzene rings is 1. The molecule has 7 heteroatoms. The highest BCUT2D eigenvalue weighted by Crippen LogP contribution is 2.38. The van der Waals surface area contributed by atoms with Crippen LogP contribution >= 0.6 is 26.6 Å². The van der Waals surface area contributed by atoms with Gasteiger partial charge in [-0.15, -0.1) is 0 Å². The van der Waals surface area contributed by atoms with Crippen LogP contribution in [-0.2, 0) is 14.8 Å². The molecule has 0 fully saturated rings. The molecule has 0 aromatic heterocycles. The van der Waals surface area contributed by atoms with E-state index >= 15 is 0 Å². The Morgan fingerprint density at radius 3 is 2.32 bits per heavy atom. The third-order valence-corrected chi connectivity index (χ3v) is 4.40. The van der Waals surface area contributed by atoms with Gasteiger partial charge >= 0.3 is 0 Å². The molecule has 4 nitrogen and oxygen atoms in total. The third kappa shape index (κ3) is 4.00. The van der Waals surface area contributed by atoms with Crippen LogP contribution in [0.25, 0.3) is 0 Å². The Kier molecular flexibility index (Phi) is 4.05. The molecule has 1 heterocycles. The maximum Gasteiger partial charge on any atom is 0.236 e. The summed E-state index contributed by atoms with van der Waals surface area (Å²) in [5.41, 5.74) is 0.460. The van der Waals surface area contributed by atoms with E-state index in [0.717, 1.165) is 0 Å². The molecule has 1 aromatic rings. The second-order valence-electron chi connectivity index (χ2n) is 5.32. The lowest BCUT2D eigenvalue weighted by Crippen LogP contribution is -2.26. The highest BCUT2D eigenvalue weighted by atomic mass is 79.9. The molecule has 0 N–H and O–H groups in total. The van der Waals surface area contributed by atoms with E-state index in [4.69, 9.17) is 20.2 Å². The van der Waals surface area contributed by atoms with Gasteiger partial charge in [0.25, 0.3) is 0 Å². The molecule has 0 spiro atoms. The summed E-state index contributed by atoms with van der Waals surface area (Å²) in [5.74, 6) is 0.895. The lowest BCUT2D eigenvalue weighted by Gasteiger charge is -2.19. The molecule has 0 amide bonds. The molecular formula is C12H14BrClO4S. The Hall–Kier alpha value is -0.460. The number of halogens is 2. The molecule has 0 aliphatic carbocycles. The smallest absolute Gasteiger partial charge is 0.236 e. The summed E-state index contributed by atoms with van der Waals surface area (Å²) in [6, 6.07) is 3.37. The fourth-order valence-corrected chi connectivity index (χ4v) is 3.30. The first-order valence-corrected chi connectivity index (χ1v) is 8.94. The average molecular weight is 370 g/mol. The van der Waals surface area contributed by atoms with E-state index in [1.165, 1.54) is 0 Å². The summed E-state index contributed by atoms with van der Waals surface area (Å²) >= 11 is 3.32. The van der Waals surface area contributed by atoms with Gasteiger partial charge in [0, 0.05) is 20.6 Å². The minimum atomic E-state index is -3.61. The molecule has 106 valence electrons. The highest BCUT2D eigenvalue weighted by Gasteiger charge is 2.26. The third-order valence-electron chi connectivity index (χ3n) is 2.68. The van der Waals surface area contributed by atoms with Gasteiger partial charge in [0.1, 0.15) is 0 Å². The zero-order valence-corrected chi connectivity index (χ0v) is 13.7. The largest absolute Gasteiger partial charge is 0.489 e. The lowest BCUT2D eigenvalue weighted by atomic mass is 9.97. The van der Waals surface area contributed by atoms with Gasteiger partial charge in [0.15, 0.2) is 11.5 Å². The zero-order chi connectivity index (χ0) is 14.3. The first-order chi connectivity index (χ1) is 8.66. The van der Waals surface area contributed by atoms with Crippen molar-refractivity contribution in [3.05, 3.63) is 22.2 Å². The highest BCUT2D eigenvalue weighted by molar-refractivity contribution is 9.10. The van der Waals surface area contributed by atoms with Crippen molar-refractivity contribution >= 4 is 35.7 Å². The molecule has 0 saturated heterocycles. The summed E-state index contributed by atoms with van der Waals surface area (Å²) in [7, 11) is 1.67. The van der Waals surface area contributed by atoms with Crippen LogP contribution in [0.3, 0.4) is 0 Å². The number of fused-ring (bicyclic) bond motifs is 1. The van der Waals surface area contributed by atoms with E-state index < -0.39 is 9.05 Å². The Morgan fingerprint density at radius 1 is 1.26 bits per heavy atom. The van der Waals surface area contributed by atoms with E-state index in [1.807, 2.05) is 13.8 Å². The van der Waals surface area contributed by atoms with Crippen molar-refractivity contribution in [1.29, 1.82) is 0 Å². The van der Waals surface area contributed by atoms with E-state index in [1.54, 1.807) is 12.1 Å². The van der Waals surface area contributed by atoms with Crippen molar-refractivity contribution in [2.24, 2.45) is 5.41 Å². The van der Waals surface area contributed by atoms with E-state index in [2.05, 4.69) is 15.9 Å². The molecule has 0 radical (unpaired) electrons. The number of rotatable bonds is 2. The van der Waals surface area contributed by atoms with Crippen LogP contribution < -0.4 is 9.47 Å². The lowest BCUT2D eigenvalue weighted by molar-refractivity contribution is 0.140. The zero-order valence-electron chi connectivity index (χ0n) is 10.6. The molecule has 1 aromatic carbocycles. The normalized spacial score (nSPS) is 17.9. The summed E-state index contributed by atoms with van der Waals surface area (Å²) in [6.45, 7) is 5.13. The van der Waals surface area contributed by atoms with Gasteiger partial charge in [-0.2, -0.15) is 0 Å². The van der Waals surface area contributed by atoms with Gasteiger partial charge < -0.3 is 9.47 Å². The molecule has 0 saturated carbocycles. The molecule has 1 aliphatic heterocycles. The van der Waals surface area contributed by atoms with Crippen LogP contribution in [0, 0.1) is 5.41 Å². The SMILES string of the molecule is CC1(C)COc2cc(Br)c(CS(=O)(=O)Cl)cc2OC1. The second kappa shape index (κ2) is 5.14. The van der Waals surface area contributed by atoms with Gasteiger partial charge in [0.05, 0.1) is 19.0 Å². The quantitative estimate of drug-likeness (QED) is 0.751. The number of ether oxygens (including phenoxy) is 2. The number of hydrogen-bond donors (Lipinski definition) is 0. The summed E-state index contributed by atoms with van der Waals surface area (Å²) in [4.78, 5) is 0. The maximum absolute atomic E-state index is 11.2. The molecule has 19 heavy (non-hydrogen) atoms. The van der Waals surface area contributed by atoms with Crippen molar-refractivity contribution in [3.63, 3.8) is 0 Å². The van der Waals surface area contributed by atoms with Crippen LogP contribution in [0.2, 0.25) is 0 Å². The number of hydrogen-bond acceptors (Lipinski definition) is 4. The fraction of sp³-hybridized carbons (Fsp3) is 0.500. The van der Waals surface area contributed by atoms with Gasteiger partial charge in [-0.25, -0.2) is 8.42 Å². The summed E-state index contributed by atoms with van der Waals surface area (Å²) < 4.78 is 34.3. The minimum Gasteiger partial charge on any atom is -0.489 e. The van der Waals surface area contributed by atoms with Crippen molar-refractivity contribution in [3.8, 4) is 11.5 Å². The predicted octanol–water partition coefficient (Wildman–Crippen LogP) is 3.32. The van der Waals surface area contributed by atoms with Gasteiger partial charge in [-0.1, -0.05) is 29.8 Å². The topological polar surface area (TPSA) is 52.6 Å². The summed E-state index contributed by atoms with van der Waals surface area (Å²) in [5, 5.41) is 0. The standard InChI is InChI=1S/C12H14BrClO4S/c1-12(2)6-17-10-3-8(5-19(14,15)16)9(13)4-11(10)18-7-12/h3-4H,5-7H2,1-2H3. The predicted molar refractivity (Wildman–Crippen MR) is 77.4 cm³/mol. The molecule has 1 aliphatic rings. The van der Waals surface area contributed by atoms with E-state index in [9.17, 15) is 8.42 Å². The summed E-state index contributed by atoms with van der Waals surface area (Å²) in [6.07, 6.45) is 0. The molecule has 0 bridgehead atoms. The van der Waals surface area contributed by atoms with Crippen molar-refractivity contribution in [1.82, 2.24) is 0 Å². The van der Waals surface area contributed by atoms with E-state index in [0.29, 0.717) is 34.7 Å². The first kappa shape index (κ1) is 14.9. The maximum atomic E-state index is 11.2. The van der Waals surface area contributed by atoms with Crippen molar-refractivity contribution < 1.29 is 17.9 Å². The Morgan fingerprint density at radius 2 is 1.79 bits per heavy atom.